The van der Waals surface area contributed by atoms with E-state index < -0.39 is 11.2 Å². The number of amidine groups is 2. The van der Waals surface area contributed by atoms with Crippen molar-refractivity contribution in [1.82, 2.24) is 15.6 Å². The van der Waals surface area contributed by atoms with Crippen molar-refractivity contribution in [2.75, 3.05) is 12.3 Å². The van der Waals surface area contributed by atoms with Crippen molar-refractivity contribution < 1.29 is 9.00 Å². The first-order chi connectivity index (χ1) is 11.4. The molecule has 6 N–H and O–H groups in total. The number of carbonyl (C=O) groups excluding carboxylic acids is 1. The van der Waals surface area contributed by atoms with Gasteiger partial charge in [0.15, 0.2) is 11.7 Å². The highest BCUT2D eigenvalue weighted by atomic mass is 32.2. The summed E-state index contributed by atoms with van der Waals surface area (Å²) in [4.78, 5) is 19.2. The molecule has 0 bridgehead atoms. The molecule has 1 aromatic heterocycles. The Morgan fingerprint density at radius 1 is 1.50 bits per heavy atom. The maximum atomic E-state index is 11.0. The second-order valence-corrected chi connectivity index (χ2v) is 7.19. The van der Waals surface area contributed by atoms with E-state index in [1.807, 2.05) is 5.38 Å². The minimum atomic E-state index is -1.60. The summed E-state index contributed by atoms with van der Waals surface area (Å²) in [6, 6.07) is 0. The highest BCUT2D eigenvalue weighted by Crippen LogP contribution is 2.21. The molecule has 10 nitrogen and oxygen atoms in total. The minimum Gasteiger partial charge on any atom is -0.380 e. The van der Waals surface area contributed by atoms with Crippen LogP contribution in [0.3, 0.4) is 0 Å². The van der Waals surface area contributed by atoms with Crippen LogP contribution in [0.2, 0.25) is 0 Å². The van der Waals surface area contributed by atoms with E-state index in [2.05, 4.69) is 29.4 Å². The number of aromatic nitrogens is 1. The summed E-state index contributed by atoms with van der Waals surface area (Å²) in [7, 11) is 0. The van der Waals surface area contributed by atoms with Crippen LogP contribution in [0, 0.1) is 0 Å². The van der Waals surface area contributed by atoms with E-state index >= 15 is 0 Å². The van der Waals surface area contributed by atoms with Gasteiger partial charge in [0.1, 0.15) is 0 Å². The Morgan fingerprint density at radius 2 is 2.29 bits per heavy atom. The van der Waals surface area contributed by atoms with E-state index in [0.29, 0.717) is 23.3 Å². The van der Waals surface area contributed by atoms with E-state index in [0.717, 1.165) is 11.4 Å². The summed E-state index contributed by atoms with van der Waals surface area (Å²) >= 11 is 1.40. The normalized spacial score (nSPS) is 17.4. The molecule has 0 spiro atoms. The molecule has 2 heterocycles. The van der Waals surface area contributed by atoms with Gasteiger partial charge in [-0.05, 0) is 0 Å². The zero-order valence-corrected chi connectivity index (χ0v) is 15.1. The first-order valence-electron chi connectivity index (χ1n) is 6.67. The van der Waals surface area contributed by atoms with Crippen molar-refractivity contribution in [2.45, 2.75) is 12.7 Å². The van der Waals surface area contributed by atoms with Crippen molar-refractivity contribution in [1.29, 1.82) is 0 Å². The van der Waals surface area contributed by atoms with E-state index in [9.17, 15) is 9.00 Å². The molecule has 1 amide bonds. The maximum absolute atomic E-state index is 11.0. The lowest BCUT2D eigenvalue weighted by Crippen LogP contribution is -2.35. The second kappa shape index (κ2) is 8.75. The number of amides is 1. The van der Waals surface area contributed by atoms with Gasteiger partial charge in [-0.25, -0.2) is 9.19 Å². The minimum absolute atomic E-state index is 0.0224. The number of carbonyl (C=O) groups is 1. The standard InChI is InChI=1S/C11H16N8O2S3/c1-6(20)15-10(13)17-11-16-7(5-23-11)4-22-3-2-14-9-8(12)18-24(21)19-9/h5H,2-4H2,1H3,(H2,12,18)(H,14,19)(H3,13,15,16,17,20). The third-order valence-corrected chi connectivity index (χ3v) is 4.90. The molecule has 2 rings (SSSR count). The Kier molecular flexibility index (Phi) is 6.69. The molecule has 1 aromatic rings. The molecule has 1 aliphatic rings. The number of guanidine groups is 1. The zero-order chi connectivity index (χ0) is 17.5. The van der Waals surface area contributed by atoms with Gasteiger partial charge >= 0.3 is 0 Å². The van der Waals surface area contributed by atoms with Gasteiger partial charge in [0, 0.05) is 30.4 Å². The molecule has 0 fully saturated rings. The van der Waals surface area contributed by atoms with Crippen molar-refractivity contribution in [2.24, 2.45) is 25.3 Å². The molecular weight excluding hydrogens is 372 g/mol. The topological polar surface area (TPSA) is 160 Å². The first-order valence-corrected chi connectivity index (χ1v) is 9.77. The maximum Gasteiger partial charge on any atom is 0.269 e. The summed E-state index contributed by atoms with van der Waals surface area (Å²) in [5.74, 6) is 1.76. The van der Waals surface area contributed by atoms with Crippen molar-refractivity contribution in [3.05, 3.63) is 11.1 Å². The van der Waals surface area contributed by atoms with E-state index in [-0.39, 0.29) is 17.7 Å². The molecule has 0 aliphatic carbocycles. The Bertz CT molecular complexity index is 727. The smallest absolute Gasteiger partial charge is 0.269 e. The van der Waals surface area contributed by atoms with E-state index in [1.165, 1.54) is 18.3 Å². The van der Waals surface area contributed by atoms with Crippen LogP contribution in [-0.4, -0.2) is 45.0 Å². The molecule has 1 atom stereocenters. The van der Waals surface area contributed by atoms with Gasteiger partial charge < -0.3 is 16.8 Å². The Labute approximate surface area is 149 Å². The molecule has 1 unspecified atom stereocenters. The largest absolute Gasteiger partial charge is 0.380 e. The van der Waals surface area contributed by atoms with Gasteiger partial charge in [0.05, 0.1) is 5.69 Å². The van der Waals surface area contributed by atoms with Crippen molar-refractivity contribution >= 4 is 62.9 Å². The van der Waals surface area contributed by atoms with E-state index in [1.54, 1.807) is 11.8 Å². The summed E-state index contributed by atoms with van der Waals surface area (Å²) in [6.07, 6.45) is 0. The number of nitrogens with zero attached hydrogens (tertiary/aromatic N) is 4. The molecular formula is C11H16N8O2S3. The molecule has 24 heavy (non-hydrogen) atoms. The third-order valence-electron chi connectivity index (χ3n) is 2.44. The fourth-order valence-corrected chi connectivity index (χ4v) is 3.70. The van der Waals surface area contributed by atoms with Gasteiger partial charge in [0.2, 0.25) is 17.0 Å². The van der Waals surface area contributed by atoms with Gasteiger partial charge in [-0.15, -0.1) is 20.1 Å². The van der Waals surface area contributed by atoms with Crippen LogP contribution in [0.1, 0.15) is 12.6 Å². The Hall–Kier alpha value is -1.99. The third kappa shape index (κ3) is 5.90. The van der Waals surface area contributed by atoms with Crippen LogP contribution >= 0.6 is 23.1 Å². The molecule has 0 saturated heterocycles. The number of hydrogen-bond donors (Lipinski definition) is 4. The average molecular weight is 389 g/mol. The lowest BCUT2D eigenvalue weighted by Gasteiger charge is -2.04. The van der Waals surface area contributed by atoms with Gasteiger partial charge in [0.25, 0.3) is 11.2 Å². The monoisotopic (exact) mass is 388 g/mol. The van der Waals surface area contributed by atoms with Crippen LogP contribution < -0.4 is 22.1 Å². The lowest BCUT2D eigenvalue weighted by molar-refractivity contribution is -0.117. The number of hydrogen-bond acceptors (Lipinski definition) is 8. The van der Waals surface area contributed by atoms with Crippen LogP contribution in [0.15, 0.2) is 19.2 Å². The molecule has 13 heteroatoms. The van der Waals surface area contributed by atoms with Crippen LogP contribution in [0.4, 0.5) is 5.13 Å². The van der Waals surface area contributed by atoms with E-state index in [4.69, 9.17) is 11.5 Å². The van der Waals surface area contributed by atoms with Gasteiger partial charge in [-0.3, -0.25) is 10.1 Å². The first kappa shape index (κ1) is 18.4. The number of aliphatic imine (C=N–C) groups is 1. The predicted molar refractivity (Wildman–Crippen MR) is 98.6 cm³/mol. The predicted octanol–water partition coefficient (Wildman–Crippen LogP) is -0.604. The van der Waals surface area contributed by atoms with Crippen LogP contribution in [0.5, 0.6) is 0 Å². The van der Waals surface area contributed by atoms with Gasteiger partial charge in [-0.1, -0.05) is 0 Å². The number of thioether (sulfide) groups is 1. The summed E-state index contributed by atoms with van der Waals surface area (Å²) < 4.78 is 18.4. The summed E-state index contributed by atoms with van der Waals surface area (Å²) in [5, 5.41) is 7.74. The fraction of sp³-hybridized carbons (Fsp3) is 0.364. The molecule has 1 aliphatic heterocycles. The molecule has 0 radical (unpaired) electrons. The average Bonchev–Trinajstić information content (AvgIpc) is 3.04. The number of rotatable bonds is 6. The zero-order valence-electron chi connectivity index (χ0n) is 12.7. The highest BCUT2D eigenvalue weighted by molar-refractivity contribution is 7.98. The highest BCUT2D eigenvalue weighted by Gasteiger charge is 2.14. The molecule has 130 valence electrons. The van der Waals surface area contributed by atoms with Crippen LogP contribution in [0.25, 0.3) is 0 Å². The number of thiazole rings is 1. The van der Waals surface area contributed by atoms with Gasteiger partial charge in [-0.2, -0.15) is 16.8 Å². The fourth-order valence-electron chi connectivity index (χ4n) is 1.54. The second-order valence-electron chi connectivity index (χ2n) is 4.43. The quantitative estimate of drug-likeness (QED) is 0.287. The molecule has 0 saturated carbocycles. The Balaban J connectivity index is 1.70. The number of nitrogens with one attached hydrogen (secondary N) is 2. The van der Waals surface area contributed by atoms with Crippen LogP contribution in [-0.2, 0) is 21.7 Å². The lowest BCUT2D eigenvalue weighted by atomic mass is 10.5. The summed E-state index contributed by atoms with van der Waals surface area (Å²) in [5.41, 5.74) is 12.0. The van der Waals surface area contributed by atoms with Crippen molar-refractivity contribution in [3.8, 4) is 0 Å². The molecule has 0 aromatic carbocycles. The number of nitrogens with two attached hydrogens (primary N) is 2. The SMILES string of the molecule is CC(=O)NC(N)=Nc1nc(CSCCNC2=NS(=O)N=C2N)cs1. The van der Waals surface area contributed by atoms with Crippen molar-refractivity contribution in [3.63, 3.8) is 0 Å². The summed E-state index contributed by atoms with van der Waals surface area (Å²) in [6.45, 7) is 1.97. The Morgan fingerprint density at radius 3 is 2.96 bits per heavy atom.